The molecule has 0 saturated carbocycles. The topological polar surface area (TPSA) is 80.3 Å². The van der Waals surface area contributed by atoms with Gasteiger partial charge in [-0.3, -0.25) is 4.72 Å². The molecule has 2 aromatic rings. The van der Waals surface area contributed by atoms with Gasteiger partial charge < -0.3 is 10.1 Å². The predicted octanol–water partition coefficient (Wildman–Crippen LogP) is 2.06. The van der Waals surface area contributed by atoms with Gasteiger partial charge in [-0.25, -0.2) is 13.4 Å². The van der Waals surface area contributed by atoms with E-state index in [0.717, 1.165) is 4.88 Å². The Kier molecular flexibility index (Phi) is 5.16. The number of anilines is 1. The Bertz CT molecular complexity index is 681. The second-order valence-corrected chi connectivity index (χ2v) is 6.81. The summed E-state index contributed by atoms with van der Waals surface area (Å²) in [5.74, 6) is 0.465. The van der Waals surface area contributed by atoms with Crippen molar-refractivity contribution >= 4 is 27.0 Å². The number of pyridine rings is 1. The van der Waals surface area contributed by atoms with Crippen molar-refractivity contribution in [3.05, 3.63) is 34.7 Å². The Labute approximate surface area is 128 Å². The standard InChI is InChI=1S/C13H17N3O3S2/c1-3-19-13-5-4-10(8-15-13)16-21(17,18)12-6-7-20-11(12)9-14-2/h4-8,14,16H,3,9H2,1-2H3. The first-order valence-electron chi connectivity index (χ1n) is 6.39. The first kappa shape index (κ1) is 15.7. The van der Waals surface area contributed by atoms with Gasteiger partial charge in [-0.05, 0) is 31.5 Å². The minimum atomic E-state index is -3.61. The monoisotopic (exact) mass is 327 g/mol. The van der Waals surface area contributed by atoms with Gasteiger partial charge in [0.05, 0.1) is 18.5 Å². The van der Waals surface area contributed by atoms with Gasteiger partial charge in [0.2, 0.25) is 5.88 Å². The number of nitrogens with one attached hydrogen (secondary N) is 2. The van der Waals surface area contributed by atoms with Crippen LogP contribution in [-0.4, -0.2) is 27.1 Å². The number of ether oxygens (including phenoxy) is 1. The smallest absolute Gasteiger partial charge is 0.263 e. The molecule has 8 heteroatoms. The maximum atomic E-state index is 12.4. The number of rotatable bonds is 7. The molecule has 0 spiro atoms. The van der Waals surface area contributed by atoms with Crippen LogP contribution in [0, 0.1) is 0 Å². The lowest BCUT2D eigenvalue weighted by molar-refractivity contribution is 0.327. The summed E-state index contributed by atoms with van der Waals surface area (Å²) in [7, 11) is -1.83. The highest BCUT2D eigenvalue weighted by Crippen LogP contribution is 2.24. The summed E-state index contributed by atoms with van der Waals surface area (Å²) in [5, 5.41) is 4.72. The third-order valence-electron chi connectivity index (χ3n) is 2.61. The van der Waals surface area contributed by atoms with Crippen molar-refractivity contribution in [2.24, 2.45) is 0 Å². The van der Waals surface area contributed by atoms with Crippen LogP contribution >= 0.6 is 11.3 Å². The summed E-state index contributed by atoms with van der Waals surface area (Å²) in [6.45, 7) is 2.88. The van der Waals surface area contributed by atoms with Crippen molar-refractivity contribution in [2.75, 3.05) is 18.4 Å². The number of sulfonamides is 1. The van der Waals surface area contributed by atoms with Gasteiger partial charge in [0, 0.05) is 17.5 Å². The normalized spacial score (nSPS) is 11.3. The van der Waals surface area contributed by atoms with E-state index >= 15 is 0 Å². The number of hydrogen-bond donors (Lipinski definition) is 2. The number of thiophene rings is 1. The van der Waals surface area contributed by atoms with E-state index in [-0.39, 0.29) is 4.90 Å². The number of aromatic nitrogens is 1. The molecule has 0 aliphatic rings. The van der Waals surface area contributed by atoms with Crippen LogP contribution in [0.2, 0.25) is 0 Å². The summed E-state index contributed by atoms with van der Waals surface area (Å²) < 4.78 is 32.5. The first-order valence-corrected chi connectivity index (χ1v) is 8.75. The third kappa shape index (κ3) is 3.93. The van der Waals surface area contributed by atoms with Gasteiger partial charge in [-0.15, -0.1) is 11.3 Å². The lowest BCUT2D eigenvalue weighted by Gasteiger charge is -2.09. The van der Waals surface area contributed by atoms with Crippen molar-refractivity contribution in [3.8, 4) is 5.88 Å². The van der Waals surface area contributed by atoms with Crippen LogP contribution in [0.1, 0.15) is 11.8 Å². The molecule has 0 amide bonds. The van der Waals surface area contributed by atoms with E-state index in [9.17, 15) is 8.42 Å². The molecule has 0 aromatic carbocycles. The Morgan fingerprint density at radius 2 is 2.14 bits per heavy atom. The Hall–Kier alpha value is -1.64. The third-order valence-corrected chi connectivity index (χ3v) is 5.13. The van der Waals surface area contributed by atoms with E-state index < -0.39 is 10.0 Å². The molecule has 2 rings (SSSR count). The van der Waals surface area contributed by atoms with Crippen LogP contribution in [0.4, 0.5) is 5.69 Å². The molecule has 6 nitrogen and oxygen atoms in total. The zero-order chi connectivity index (χ0) is 15.3. The summed E-state index contributed by atoms with van der Waals surface area (Å²) in [4.78, 5) is 5.09. The average molecular weight is 327 g/mol. The molecule has 2 heterocycles. The van der Waals surface area contributed by atoms with Crippen molar-refractivity contribution < 1.29 is 13.2 Å². The highest BCUT2D eigenvalue weighted by molar-refractivity contribution is 7.93. The van der Waals surface area contributed by atoms with Crippen LogP contribution in [-0.2, 0) is 16.6 Å². The maximum Gasteiger partial charge on any atom is 0.263 e. The predicted molar refractivity (Wildman–Crippen MR) is 83.3 cm³/mol. The fraction of sp³-hybridized carbons (Fsp3) is 0.308. The molecule has 114 valence electrons. The van der Waals surface area contributed by atoms with Crippen molar-refractivity contribution in [1.29, 1.82) is 0 Å². The maximum absolute atomic E-state index is 12.4. The molecule has 0 bridgehead atoms. The molecule has 2 N–H and O–H groups in total. The zero-order valence-electron chi connectivity index (χ0n) is 11.8. The van der Waals surface area contributed by atoms with Crippen LogP contribution in [0.15, 0.2) is 34.7 Å². The summed E-state index contributed by atoms with van der Waals surface area (Å²) in [5.41, 5.74) is 0.403. The SMILES string of the molecule is CCOc1ccc(NS(=O)(=O)c2ccsc2CNC)cn1. The Morgan fingerprint density at radius 3 is 2.76 bits per heavy atom. The van der Waals surface area contributed by atoms with Gasteiger partial charge in [-0.1, -0.05) is 0 Å². The van der Waals surface area contributed by atoms with Crippen LogP contribution in [0.25, 0.3) is 0 Å². The molecule has 0 saturated heterocycles. The second kappa shape index (κ2) is 6.88. The fourth-order valence-electron chi connectivity index (χ4n) is 1.74. The molecule has 0 radical (unpaired) electrons. The van der Waals surface area contributed by atoms with Crippen molar-refractivity contribution in [1.82, 2.24) is 10.3 Å². The molecule has 0 fully saturated rings. The summed E-state index contributed by atoms with van der Waals surface area (Å²) >= 11 is 1.40. The molecular weight excluding hydrogens is 310 g/mol. The molecule has 0 unspecified atom stereocenters. The molecule has 2 aromatic heterocycles. The summed E-state index contributed by atoms with van der Waals surface area (Å²) in [6, 6.07) is 4.85. The van der Waals surface area contributed by atoms with E-state index in [0.29, 0.717) is 24.7 Å². The molecule has 0 atom stereocenters. The van der Waals surface area contributed by atoms with Crippen molar-refractivity contribution in [2.45, 2.75) is 18.4 Å². The molecule has 21 heavy (non-hydrogen) atoms. The number of hydrogen-bond acceptors (Lipinski definition) is 6. The first-order chi connectivity index (χ1) is 10.1. The van der Waals surface area contributed by atoms with Gasteiger partial charge in [0.25, 0.3) is 10.0 Å². The fourth-order valence-corrected chi connectivity index (χ4v) is 4.24. The number of nitrogens with zero attached hydrogens (tertiary/aromatic N) is 1. The van der Waals surface area contributed by atoms with E-state index in [4.69, 9.17) is 4.74 Å². The zero-order valence-corrected chi connectivity index (χ0v) is 13.4. The van der Waals surface area contributed by atoms with Crippen LogP contribution < -0.4 is 14.8 Å². The van der Waals surface area contributed by atoms with Crippen LogP contribution in [0.5, 0.6) is 5.88 Å². The van der Waals surface area contributed by atoms with Gasteiger partial charge in [0.1, 0.15) is 4.90 Å². The molecule has 0 aliphatic heterocycles. The van der Waals surface area contributed by atoms with Gasteiger partial charge >= 0.3 is 0 Å². The van der Waals surface area contributed by atoms with E-state index in [1.54, 1.807) is 30.6 Å². The summed E-state index contributed by atoms with van der Waals surface area (Å²) in [6.07, 6.45) is 1.44. The van der Waals surface area contributed by atoms with E-state index in [1.165, 1.54) is 17.5 Å². The Balaban J connectivity index is 2.18. The minimum Gasteiger partial charge on any atom is -0.478 e. The lowest BCUT2D eigenvalue weighted by atomic mass is 10.4. The second-order valence-electron chi connectivity index (χ2n) is 4.16. The van der Waals surface area contributed by atoms with Crippen LogP contribution in [0.3, 0.4) is 0 Å². The van der Waals surface area contributed by atoms with E-state index in [1.807, 2.05) is 6.92 Å². The van der Waals surface area contributed by atoms with Gasteiger partial charge in [-0.2, -0.15) is 0 Å². The molecule has 0 aliphatic carbocycles. The Morgan fingerprint density at radius 1 is 1.33 bits per heavy atom. The highest BCUT2D eigenvalue weighted by Gasteiger charge is 2.19. The van der Waals surface area contributed by atoms with Crippen molar-refractivity contribution in [3.63, 3.8) is 0 Å². The average Bonchev–Trinajstić information content (AvgIpc) is 2.91. The molecular formula is C13H17N3O3S2. The van der Waals surface area contributed by atoms with Gasteiger partial charge in [0.15, 0.2) is 0 Å². The van der Waals surface area contributed by atoms with E-state index in [2.05, 4.69) is 15.0 Å². The highest BCUT2D eigenvalue weighted by atomic mass is 32.2. The largest absolute Gasteiger partial charge is 0.478 e. The lowest BCUT2D eigenvalue weighted by Crippen LogP contribution is -2.15. The quantitative estimate of drug-likeness (QED) is 0.814. The minimum absolute atomic E-state index is 0.288.